The third-order valence-electron chi connectivity index (χ3n) is 4.88. The molecule has 2 aromatic carbocycles. The van der Waals surface area contributed by atoms with Crippen LogP contribution >= 0.6 is 24.0 Å². The van der Waals surface area contributed by atoms with Gasteiger partial charge in [-0.2, -0.15) is 4.31 Å². The van der Waals surface area contributed by atoms with Gasteiger partial charge >= 0.3 is 0 Å². The highest BCUT2D eigenvalue weighted by molar-refractivity contribution is 14.0. The number of rotatable bonds is 6. The maximum atomic E-state index is 12.6. The lowest BCUT2D eigenvalue weighted by Crippen LogP contribution is -2.27. The van der Waals surface area contributed by atoms with Crippen molar-refractivity contribution in [1.82, 2.24) is 4.31 Å². The Kier molecular flexibility index (Phi) is 8.47. The van der Waals surface area contributed by atoms with E-state index in [1.807, 2.05) is 12.1 Å². The van der Waals surface area contributed by atoms with Crippen LogP contribution in [0.4, 0.5) is 5.69 Å². The third kappa shape index (κ3) is 6.16. The normalized spacial score (nSPS) is 15.3. The molecule has 158 valence electrons. The molecule has 8 heteroatoms. The molecule has 1 aliphatic rings. The summed E-state index contributed by atoms with van der Waals surface area (Å²) in [7, 11) is -3.38. The van der Waals surface area contributed by atoms with Gasteiger partial charge < -0.3 is 11.1 Å². The van der Waals surface area contributed by atoms with Gasteiger partial charge in [0.25, 0.3) is 0 Å². The van der Waals surface area contributed by atoms with Gasteiger partial charge in [0.05, 0.1) is 11.4 Å². The van der Waals surface area contributed by atoms with Gasteiger partial charge in [-0.1, -0.05) is 38.1 Å². The summed E-state index contributed by atoms with van der Waals surface area (Å²) in [6, 6.07) is 15.0. The number of aliphatic imine (C=N–C) groups is 1. The van der Waals surface area contributed by atoms with Gasteiger partial charge in [0.15, 0.2) is 5.96 Å². The first kappa shape index (κ1) is 23.6. The quantitative estimate of drug-likeness (QED) is 0.335. The molecule has 0 saturated carbocycles. The molecule has 0 aliphatic carbocycles. The Bertz CT molecular complexity index is 937. The molecule has 6 nitrogen and oxygen atoms in total. The number of nitrogens with two attached hydrogens (primary N) is 1. The minimum Gasteiger partial charge on any atom is -0.370 e. The molecule has 2 aromatic rings. The summed E-state index contributed by atoms with van der Waals surface area (Å²) in [5.74, 6) is 0.768. The van der Waals surface area contributed by atoms with Gasteiger partial charge in [-0.15, -0.1) is 24.0 Å². The lowest BCUT2D eigenvalue weighted by atomic mass is 10.0. The van der Waals surface area contributed by atoms with E-state index >= 15 is 0 Å². The number of hydrogen-bond donors (Lipinski definition) is 2. The van der Waals surface area contributed by atoms with E-state index in [1.54, 1.807) is 28.6 Å². The molecular formula is C21H29IN4O2S. The molecule has 29 heavy (non-hydrogen) atoms. The van der Waals surface area contributed by atoms with Crippen LogP contribution in [0.3, 0.4) is 0 Å². The minimum atomic E-state index is -3.38. The molecule has 3 N–H and O–H groups in total. The molecule has 0 spiro atoms. The largest absolute Gasteiger partial charge is 0.370 e. The van der Waals surface area contributed by atoms with Crippen molar-refractivity contribution in [3.63, 3.8) is 0 Å². The van der Waals surface area contributed by atoms with Gasteiger partial charge in [-0.25, -0.2) is 13.4 Å². The molecule has 0 atom stereocenters. The maximum Gasteiger partial charge on any atom is 0.243 e. The average Bonchev–Trinajstić information content (AvgIpc) is 3.22. The number of halogens is 1. The summed E-state index contributed by atoms with van der Waals surface area (Å²) < 4.78 is 26.7. The van der Waals surface area contributed by atoms with E-state index in [4.69, 9.17) is 5.73 Å². The van der Waals surface area contributed by atoms with E-state index < -0.39 is 10.0 Å². The molecular weight excluding hydrogens is 499 g/mol. The highest BCUT2D eigenvalue weighted by Gasteiger charge is 2.26. The zero-order valence-electron chi connectivity index (χ0n) is 16.8. The average molecular weight is 528 g/mol. The van der Waals surface area contributed by atoms with Crippen LogP contribution in [-0.2, 0) is 16.6 Å². The Balaban J connectivity index is 0.00000300. The summed E-state index contributed by atoms with van der Waals surface area (Å²) in [4.78, 5) is 4.69. The molecule has 1 aliphatic heterocycles. The van der Waals surface area contributed by atoms with Gasteiger partial charge in [-0.05, 0) is 54.2 Å². The zero-order valence-corrected chi connectivity index (χ0v) is 20.0. The monoisotopic (exact) mass is 528 g/mol. The van der Waals surface area contributed by atoms with E-state index in [-0.39, 0.29) is 24.0 Å². The summed E-state index contributed by atoms with van der Waals surface area (Å²) in [5.41, 5.74) is 9.03. The van der Waals surface area contributed by atoms with Crippen molar-refractivity contribution in [1.29, 1.82) is 0 Å². The molecule has 0 aromatic heterocycles. The number of guanidine groups is 1. The van der Waals surface area contributed by atoms with Crippen LogP contribution in [-0.4, -0.2) is 31.8 Å². The predicted molar refractivity (Wildman–Crippen MR) is 129 cm³/mol. The minimum absolute atomic E-state index is 0. The Morgan fingerprint density at radius 2 is 1.79 bits per heavy atom. The second kappa shape index (κ2) is 10.4. The smallest absolute Gasteiger partial charge is 0.243 e. The van der Waals surface area contributed by atoms with E-state index in [2.05, 4.69) is 36.3 Å². The maximum absolute atomic E-state index is 12.6. The van der Waals surface area contributed by atoms with Crippen LogP contribution in [0.25, 0.3) is 0 Å². The topological polar surface area (TPSA) is 87.8 Å². The van der Waals surface area contributed by atoms with Crippen LogP contribution < -0.4 is 11.1 Å². The van der Waals surface area contributed by atoms with E-state index in [0.29, 0.717) is 36.4 Å². The predicted octanol–water partition coefficient (Wildman–Crippen LogP) is 4.14. The van der Waals surface area contributed by atoms with Crippen molar-refractivity contribution in [3.05, 3.63) is 59.7 Å². The molecule has 1 heterocycles. The van der Waals surface area contributed by atoms with Gasteiger partial charge in [-0.3, -0.25) is 0 Å². The second-order valence-electron chi connectivity index (χ2n) is 7.36. The van der Waals surface area contributed by atoms with Crippen LogP contribution in [0.15, 0.2) is 58.4 Å². The molecule has 0 unspecified atom stereocenters. The Morgan fingerprint density at radius 3 is 2.41 bits per heavy atom. The lowest BCUT2D eigenvalue weighted by molar-refractivity contribution is 0.477. The number of sulfonamides is 1. The number of hydrogen-bond acceptors (Lipinski definition) is 3. The summed E-state index contributed by atoms with van der Waals surface area (Å²) in [6.45, 7) is 5.88. The van der Waals surface area contributed by atoms with Gasteiger partial charge in [0.1, 0.15) is 0 Å². The third-order valence-corrected chi connectivity index (χ3v) is 6.80. The summed E-state index contributed by atoms with van der Waals surface area (Å²) in [5, 5.41) is 3.11. The standard InChI is InChI=1S/C21H28N4O2S.HI/c1-16(2)18-6-5-7-19(14-18)24-21(22)23-15-17-8-10-20(11-9-17)28(26,27)25-12-3-4-13-25;/h5-11,14,16H,3-4,12-13,15H2,1-2H3,(H3,22,23,24);1H. The molecule has 0 bridgehead atoms. The molecule has 1 fully saturated rings. The van der Waals surface area contributed by atoms with Crippen molar-refractivity contribution in [2.75, 3.05) is 18.4 Å². The number of anilines is 1. The van der Waals surface area contributed by atoms with Gasteiger partial charge in [0.2, 0.25) is 10.0 Å². The van der Waals surface area contributed by atoms with E-state index in [9.17, 15) is 8.42 Å². The van der Waals surface area contributed by atoms with Crippen molar-refractivity contribution >= 4 is 45.6 Å². The molecule has 3 rings (SSSR count). The molecule has 1 saturated heterocycles. The van der Waals surface area contributed by atoms with Crippen LogP contribution in [0, 0.1) is 0 Å². The Morgan fingerprint density at radius 1 is 1.14 bits per heavy atom. The van der Waals surface area contributed by atoms with E-state index in [0.717, 1.165) is 24.1 Å². The van der Waals surface area contributed by atoms with Crippen molar-refractivity contribution in [3.8, 4) is 0 Å². The first-order valence-corrected chi connectivity index (χ1v) is 11.1. The van der Waals surface area contributed by atoms with E-state index in [1.165, 1.54) is 5.56 Å². The van der Waals surface area contributed by atoms with Crippen molar-refractivity contribution < 1.29 is 8.42 Å². The van der Waals surface area contributed by atoms with Crippen LogP contribution in [0.1, 0.15) is 43.7 Å². The van der Waals surface area contributed by atoms with Crippen molar-refractivity contribution in [2.45, 2.75) is 44.0 Å². The highest BCUT2D eigenvalue weighted by Crippen LogP contribution is 2.21. The summed E-state index contributed by atoms with van der Waals surface area (Å²) >= 11 is 0. The fourth-order valence-corrected chi connectivity index (χ4v) is 4.70. The Labute approximate surface area is 190 Å². The zero-order chi connectivity index (χ0) is 20.1. The molecule has 0 amide bonds. The number of nitrogens with one attached hydrogen (secondary N) is 1. The SMILES string of the molecule is CC(C)c1cccc(NC(N)=NCc2ccc(S(=O)(=O)N3CCCC3)cc2)c1.I. The second-order valence-corrected chi connectivity index (χ2v) is 9.30. The fraction of sp³-hybridized carbons (Fsp3) is 0.381. The summed E-state index contributed by atoms with van der Waals surface area (Å²) in [6.07, 6.45) is 1.86. The lowest BCUT2D eigenvalue weighted by Gasteiger charge is -2.15. The van der Waals surface area contributed by atoms with Crippen LogP contribution in [0.5, 0.6) is 0 Å². The number of benzene rings is 2. The van der Waals surface area contributed by atoms with Crippen LogP contribution in [0.2, 0.25) is 0 Å². The fourth-order valence-electron chi connectivity index (χ4n) is 3.18. The number of nitrogens with zero attached hydrogens (tertiary/aromatic N) is 2. The Hall–Kier alpha value is -1.65. The molecule has 0 radical (unpaired) electrons. The first-order valence-electron chi connectivity index (χ1n) is 9.62. The van der Waals surface area contributed by atoms with Gasteiger partial charge in [0, 0.05) is 18.8 Å². The first-order chi connectivity index (χ1) is 13.4. The van der Waals surface area contributed by atoms with Crippen molar-refractivity contribution in [2.24, 2.45) is 10.7 Å². The highest BCUT2D eigenvalue weighted by atomic mass is 127.